The summed E-state index contributed by atoms with van der Waals surface area (Å²) in [5, 5.41) is 11.9. The molecule has 1 unspecified atom stereocenters. The third-order valence-corrected chi connectivity index (χ3v) is 4.16. The van der Waals surface area contributed by atoms with Gasteiger partial charge in [-0.3, -0.25) is 4.90 Å². The molecule has 0 saturated carbocycles. The predicted molar refractivity (Wildman–Crippen MR) is 75.6 cm³/mol. The monoisotopic (exact) mass is 311 g/mol. The minimum atomic E-state index is 0.172. The van der Waals surface area contributed by atoms with Gasteiger partial charge in [0, 0.05) is 23.5 Å². The van der Waals surface area contributed by atoms with Crippen LogP contribution in [-0.4, -0.2) is 29.0 Å². The Morgan fingerprint density at radius 1 is 1.50 bits per heavy atom. The number of hydrogen-bond donors (Lipinski definition) is 2. The first-order valence-electron chi connectivity index (χ1n) is 6.14. The van der Waals surface area contributed by atoms with Crippen LogP contribution in [0.4, 0.5) is 0 Å². The van der Waals surface area contributed by atoms with Gasteiger partial charge in [-0.25, -0.2) is 0 Å². The van der Waals surface area contributed by atoms with Crippen molar-refractivity contribution < 1.29 is 5.21 Å². The molecular weight excluding hydrogens is 294 g/mol. The van der Waals surface area contributed by atoms with Crippen molar-refractivity contribution in [3.63, 3.8) is 0 Å². The second-order valence-electron chi connectivity index (χ2n) is 4.69. The molecule has 0 bridgehead atoms. The van der Waals surface area contributed by atoms with Crippen LogP contribution in [0.25, 0.3) is 0 Å². The average molecular weight is 312 g/mol. The number of nitrogens with two attached hydrogens (primary N) is 1. The number of halogens is 1. The van der Waals surface area contributed by atoms with E-state index >= 15 is 0 Å². The highest BCUT2D eigenvalue weighted by Crippen LogP contribution is 2.22. The molecule has 1 aliphatic heterocycles. The van der Waals surface area contributed by atoms with Crippen molar-refractivity contribution >= 4 is 21.8 Å². The lowest BCUT2D eigenvalue weighted by atomic mass is 9.96. The van der Waals surface area contributed by atoms with E-state index in [-0.39, 0.29) is 5.92 Å². The lowest BCUT2D eigenvalue weighted by Crippen LogP contribution is -2.40. The fraction of sp³-hybridized carbons (Fsp3) is 0.462. The largest absolute Gasteiger partial charge is 0.409 e. The first-order valence-corrected chi connectivity index (χ1v) is 6.93. The summed E-state index contributed by atoms with van der Waals surface area (Å²) in [5.74, 6) is 0.526. The molecule has 1 fully saturated rings. The predicted octanol–water partition coefficient (Wildman–Crippen LogP) is 2.41. The topological polar surface area (TPSA) is 61.9 Å². The van der Waals surface area contributed by atoms with Gasteiger partial charge in [-0.05, 0) is 31.0 Å². The van der Waals surface area contributed by atoms with Gasteiger partial charge in [-0.2, -0.15) is 0 Å². The standard InChI is InChI=1S/C13H18BrN3O/c14-12-6-2-1-4-10(12)8-17-7-3-5-11(9-17)13(15)16-18/h1-2,4,6,11,18H,3,5,7-9H2,(H2,15,16). The summed E-state index contributed by atoms with van der Waals surface area (Å²) in [4.78, 5) is 2.35. The molecule has 2 rings (SSSR count). The van der Waals surface area contributed by atoms with E-state index < -0.39 is 0 Å². The Hall–Kier alpha value is -1.07. The van der Waals surface area contributed by atoms with Gasteiger partial charge in [-0.15, -0.1) is 0 Å². The van der Waals surface area contributed by atoms with Gasteiger partial charge in [0.05, 0.1) is 0 Å². The maximum atomic E-state index is 8.74. The Labute approximate surface area is 116 Å². The van der Waals surface area contributed by atoms with Gasteiger partial charge in [0.1, 0.15) is 5.84 Å². The van der Waals surface area contributed by atoms with Gasteiger partial charge >= 0.3 is 0 Å². The van der Waals surface area contributed by atoms with Crippen molar-refractivity contribution in [1.29, 1.82) is 0 Å². The van der Waals surface area contributed by atoms with Crippen LogP contribution in [-0.2, 0) is 6.54 Å². The van der Waals surface area contributed by atoms with E-state index in [2.05, 4.69) is 38.1 Å². The SMILES string of the molecule is NC(=NO)C1CCCN(Cc2ccccc2Br)C1. The van der Waals surface area contributed by atoms with E-state index in [0.29, 0.717) is 5.84 Å². The molecule has 0 aromatic heterocycles. The Balaban J connectivity index is 2.00. The van der Waals surface area contributed by atoms with Crippen molar-refractivity contribution in [2.45, 2.75) is 19.4 Å². The molecule has 18 heavy (non-hydrogen) atoms. The zero-order valence-corrected chi connectivity index (χ0v) is 11.8. The number of likely N-dealkylation sites (tertiary alicyclic amines) is 1. The van der Waals surface area contributed by atoms with Crippen molar-refractivity contribution in [2.24, 2.45) is 16.8 Å². The molecule has 0 aliphatic carbocycles. The van der Waals surface area contributed by atoms with Crippen LogP contribution in [0.3, 0.4) is 0 Å². The normalized spacial score (nSPS) is 22.1. The van der Waals surface area contributed by atoms with Crippen LogP contribution in [0.5, 0.6) is 0 Å². The molecule has 0 spiro atoms. The molecule has 1 aromatic rings. The Bertz CT molecular complexity index is 436. The van der Waals surface area contributed by atoms with Gasteiger partial charge in [0.25, 0.3) is 0 Å². The summed E-state index contributed by atoms with van der Waals surface area (Å²) >= 11 is 3.57. The summed E-state index contributed by atoms with van der Waals surface area (Å²) in [5.41, 5.74) is 6.97. The number of nitrogens with zero attached hydrogens (tertiary/aromatic N) is 2. The molecular formula is C13H18BrN3O. The molecule has 4 nitrogen and oxygen atoms in total. The van der Waals surface area contributed by atoms with E-state index in [1.54, 1.807) is 0 Å². The van der Waals surface area contributed by atoms with Gasteiger partial charge in [0.2, 0.25) is 0 Å². The van der Waals surface area contributed by atoms with Crippen molar-refractivity contribution in [3.05, 3.63) is 34.3 Å². The summed E-state index contributed by atoms with van der Waals surface area (Å²) in [6.45, 7) is 2.82. The van der Waals surface area contributed by atoms with Crippen LogP contribution in [0.15, 0.2) is 33.9 Å². The summed E-state index contributed by atoms with van der Waals surface area (Å²) in [7, 11) is 0. The first-order chi connectivity index (χ1) is 8.70. The summed E-state index contributed by atoms with van der Waals surface area (Å²) in [6.07, 6.45) is 2.09. The molecule has 3 N–H and O–H groups in total. The summed E-state index contributed by atoms with van der Waals surface area (Å²) in [6, 6.07) is 8.24. The quantitative estimate of drug-likeness (QED) is 0.390. The van der Waals surface area contributed by atoms with E-state index in [9.17, 15) is 0 Å². The molecule has 1 aliphatic rings. The second-order valence-corrected chi connectivity index (χ2v) is 5.54. The summed E-state index contributed by atoms with van der Waals surface area (Å²) < 4.78 is 1.14. The molecule has 5 heteroatoms. The zero-order chi connectivity index (χ0) is 13.0. The number of piperidine rings is 1. The number of oxime groups is 1. The van der Waals surface area contributed by atoms with Crippen molar-refractivity contribution in [1.82, 2.24) is 4.90 Å². The van der Waals surface area contributed by atoms with Gasteiger partial charge in [0.15, 0.2) is 0 Å². The molecule has 1 aromatic carbocycles. The lowest BCUT2D eigenvalue weighted by molar-refractivity contribution is 0.192. The average Bonchev–Trinajstić information content (AvgIpc) is 2.41. The van der Waals surface area contributed by atoms with Crippen LogP contribution >= 0.6 is 15.9 Å². The van der Waals surface area contributed by atoms with Crippen LogP contribution in [0.1, 0.15) is 18.4 Å². The fourth-order valence-electron chi connectivity index (χ4n) is 2.39. The smallest absolute Gasteiger partial charge is 0.143 e. The molecule has 1 heterocycles. The highest BCUT2D eigenvalue weighted by molar-refractivity contribution is 9.10. The maximum absolute atomic E-state index is 8.74. The Morgan fingerprint density at radius 2 is 2.28 bits per heavy atom. The van der Waals surface area contributed by atoms with Crippen LogP contribution in [0.2, 0.25) is 0 Å². The number of amidine groups is 1. The fourth-order valence-corrected chi connectivity index (χ4v) is 2.80. The molecule has 0 amide bonds. The van der Waals surface area contributed by atoms with Crippen LogP contribution in [0, 0.1) is 5.92 Å². The first kappa shape index (κ1) is 13.4. The third kappa shape index (κ3) is 3.23. The minimum Gasteiger partial charge on any atom is -0.409 e. The zero-order valence-electron chi connectivity index (χ0n) is 10.2. The van der Waals surface area contributed by atoms with E-state index in [4.69, 9.17) is 10.9 Å². The molecule has 1 saturated heterocycles. The van der Waals surface area contributed by atoms with E-state index in [1.165, 1.54) is 5.56 Å². The number of rotatable bonds is 3. The lowest BCUT2D eigenvalue weighted by Gasteiger charge is -2.32. The van der Waals surface area contributed by atoms with Gasteiger partial charge < -0.3 is 10.9 Å². The van der Waals surface area contributed by atoms with Gasteiger partial charge in [-0.1, -0.05) is 39.3 Å². The minimum absolute atomic E-state index is 0.172. The van der Waals surface area contributed by atoms with Crippen molar-refractivity contribution in [2.75, 3.05) is 13.1 Å². The van der Waals surface area contributed by atoms with E-state index in [1.807, 2.05) is 12.1 Å². The van der Waals surface area contributed by atoms with Crippen LogP contribution < -0.4 is 5.73 Å². The Kier molecular flexibility index (Phi) is 4.60. The van der Waals surface area contributed by atoms with E-state index in [0.717, 1.165) is 36.9 Å². The third-order valence-electron chi connectivity index (χ3n) is 3.39. The van der Waals surface area contributed by atoms with Crippen molar-refractivity contribution in [3.8, 4) is 0 Å². The Morgan fingerprint density at radius 3 is 3.00 bits per heavy atom. The molecule has 98 valence electrons. The molecule has 1 atom stereocenters. The molecule has 0 radical (unpaired) electrons. The highest BCUT2D eigenvalue weighted by atomic mass is 79.9. The second kappa shape index (κ2) is 6.20. The number of benzene rings is 1. The highest BCUT2D eigenvalue weighted by Gasteiger charge is 2.23. The maximum Gasteiger partial charge on any atom is 0.143 e. The number of hydrogen-bond acceptors (Lipinski definition) is 3.